The van der Waals surface area contributed by atoms with Crippen LogP contribution in [0.4, 0.5) is 13.2 Å². The van der Waals surface area contributed by atoms with Crippen molar-refractivity contribution in [1.82, 2.24) is 0 Å². The summed E-state index contributed by atoms with van der Waals surface area (Å²) >= 11 is 0. The Balaban J connectivity index is 4.44. The third-order valence-electron chi connectivity index (χ3n) is 1.07. The lowest BCUT2D eigenvalue weighted by atomic mass is 10.5. The molecule has 0 aromatic carbocycles. The average molecular weight is 220 g/mol. The molecule has 13 heavy (non-hydrogen) atoms. The van der Waals surface area contributed by atoms with E-state index in [1.807, 2.05) is 0 Å². The van der Waals surface area contributed by atoms with E-state index in [1.54, 1.807) is 6.92 Å². The Morgan fingerprint density at radius 2 is 1.77 bits per heavy atom. The Bertz CT molecular complexity index is 192. The van der Waals surface area contributed by atoms with Crippen molar-refractivity contribution in [3.05, 3.63) is 0 Å². The first-order chi connectivity index (χ1) is 5.87. The molecule has 3 nitrogen and oxygen atoms in total. The Morgan fingerprint density at radius 3 is 2.08 bits per heavy atom. The zero-order valence-corrected chi connectivity index (χ0v) is 8.32. The van der Waals surface area contributed by atoms with Gasteiger partial charge < -0.3 is 9.05 Å². The van der Waals surface area contributed by atoms with E-state index in [0.717, 1.165) is 0 Å². The lowest BCUT2D eigenvalue weighted by Crippen LogP contribution is -2.14. The minimum Gasteiger partial charge on any atom is -0.303 e. The van der Waals surface area contributed by atoms with Gasteiger partial charge in [0.25, 0.3) is 0 Å². The van der Waals surface area contributed by atoms with Crippen LogP contribution in [0, 0.1) is 0 Å². The molecule has 80 valence electrons. The molecule has 0 aliphatic heterocycles. The third-order valence-corrected chi connectivity index (χ3v) is 2.82. The minimum atomic E-state index is -4.93. The summed E-state index contributed by atoms with van der Waals surface area (Å²) < 4.78 is 55.6. The summed E-state index contributed by atoms with van der Waals surface area (Å²) in [5.74, 6) is -4.93. The second kappa shape index (κ2) is 4.98. The summed E-state index contributed by atoms with van der Waals surface area (Å²) in [6.45, 7) is 2.43. The van der Waals surface area contributed by atoms with Crippen LogP contribution in [-0.4, -0.2) is 19.1 Å². The summed E-state index contributed by atoms with van der Waals surface area (Å²) in [5, 5.41) is 0. The Kier molecular flexibility index (Phi) is 4.96. The highest BCUT2D eigenvalue weighted by atomic mass is 31.2. The third kappa shape index (κ3) is 3.67. The second-order valence-corrected chi connectivity index (χ2v) is 4.23. The first kappa shape index (κ1) is 12.9. The van der Waals surface area contributed by atoms with Crippen molar-refractivity contribution in [2.75, 3.05) is 13.2 Å². The van der Waals surface area contributed by atoms with Crippen LogP contribution in [0.2, 0.25) is 0 Å². The molecule has 0 heterocycles. The van der Waals surface area contributed by atoms with E-state index < -0.39 is 13.5 Å². The first-order valence-corrected chi connectivity index (χ1v) is 5.37. The van der Waals surface area contributed by atoms with Crippen LogP contribution in [0.1, 0.15) is 20.3 Å². The molecule has 0 fully saturated rings. The van der Waals surface area contributed by atoms with Gasteiger partial charge in [0.15, 0.2) is 0 Å². The van der Waals surface area contributed by atoms with Gasteiger partial charge >= 0.3 is 13.5 Å². The molecule has 0 radical (unpaired) electrons. The van der Waals surface area contributed by atoms with E-state index in [0.29, 0.717) is 6.42 Å². The zero-order valence-electron chi connectivity index (χ0n) is 7.43. The SMILES string of the molecule is CCCOP(=O)(OCC)C(F)(F)F. The van der Waals surface area contributed by atoms with Crippen molar-refractivity contribution in [3.8, 4) is 0 Å². The molecule has 0 N–H and O–H groups in total. The number of rotatable bonds is 5. The van der Waals surface area contributed by atoms with E-state index in [4.69, 9.17) is 0 Å². The standard InChI is InChI=1S/C6H12F3O3P/c1-3-5-12-13(10,11-4-2)6(7,8)9/h3-5H2,1-2H3. The van der Waals surface area contributed by atoms with Gasteiger partial charge in [-0.1, -0.05) is 6.92 Å². The lowest BCUT2D eigenvalue weighted by molar-refractivity contribution is -0.0750. The van der Waals surface area contributed by atoms with Crippen LogP contribution < -0.4 is 0 Å². The molecule has 0 spiro atoms. The monoisotopic (exact) mass is 220 g/mol. The van der Waals surface area contributed by atoms with Crippen LogP contribution >= 0.6 is 7.60 Å². The molecule has 0 rings (SSSR count). The maximum absolute atomic E-state index is 12.1. The highest BCUT2D eigenvalue weighted by Gasteiger charge is 2.54. The normalized spacial score (nSPS) is 17.0. The maximum atomic E-state index is 12.1. The van der Waals surface area contributed by atoms with Gasteiger partial charge in [-0.2, -0.15) is 13.2 Å². The van der Waals surface area contributed by atoms with Crippen LogP contribution in [-0.2, 0) is 13.6 Å². The number of halogens is 3. The van der Waals surface area contributed by atoms with Gasteiger partial charge in [-0.3, -0.25) is 0 Å². The molecule has 1 atom stereocenters. The van der Waals surface area contributed by atoms with Gasteiger partial charge in [-0.25, -0.2) is 4.57 Å². The fraction of sp³-hybridized carbons (Fsp3) is 1.00. The summed E-state index contributed by atoms with van der Waals surface area (Å²) in [4.78, 5) is 0. The quantitative estimate of drug-likeness (QED) is 0.667. The van der Waals surface area contributed by atoms with E-state index in [1.165, 1.54) is 6.92 Å². The van der Waals surface area contributed by atoms with Crippen LogP contribution in [0.3, 0.4) is 0 Å². The number of hydrogen-bond acceptors (Lipinski definition) is 3. The molecule has 0 saturated heterocycles. The largest absolute Gasteiger partial charge is 0.493 e. The van der Waals surface area contributed by atoms with E-state index >= 15 is 0 Å². The van der Waals surface area contributed by atoms with Gasteiger partial charge in [0, 0.05) is 0 Å². The molecule has 0 bridgehead atoms. The predicted molar refractivity (Wildman–Crippen MR) is 41.5 cm³/mol. The molecule has 0 saturated carbocycles. The molecule has 0 aliphatic rings. The fourth-order valence-corrected chi connectivity index (χ4v) is 1.70. The Hall–Kier alpha value is -0.0600. The summed E-state index contributed by atoms with van der Waals surface area (Å²) in [5.41, 5.74) is 0. The number of alkyl halides is 3. The molecular weight excluding hydrogens is 208 g/mol. The van der Waals surface area contributed by atoms with E-state index in [2.05, 4.69) is 9.05 Å². The molecule has 0 amide bonds. The summed E-state index contributed by atoms with van der Waals surface area (Å²) in [6, 6.07) is 0. The predicted octanol–water partition coefficient (Wildman–Crippen LogP) is 3.16. The van der Waals surface area contributed by atoms with Gasteiger partial charge in [0.1, 0.15) is 0 Å². The maximum Gasteiger partial charge on any atom is 0.493 e. The highest BCUT2D eigenvalue weighted by molar-refractivity contribution is 7.54. The Labute approximate surface area is 74.8 Å². The van der Waals surface area contributed by atoms with Gasteiger partial charge in [-0.05, 0) is 13.3 Å². The molecule has 0 aliphatic carbocycles. The average Bonchev–Trinajstić information content (AvgIpc) is 1.99. The van der Waals surface area contributed by atoms with E-state index in [9.17, 15) is 17.7 Å². The molecule has 0 aromatic heterocycles. The molecular formula is C6H12F3O3P. The number of hydrogen-bond donors (Lipinski definition) is 0. The first-order valence-electron chi connectivity index (χ1n) is 3.83. The van der Waals surface area contributed by atoms with E-state index in [-0.39, 0.29) is 13.2 Å². The van der Waals surface area contributed by atoms with Gasteiger partial charge in [0.2, 0.25) is 0 Å². The van der Waals surface area contributed by atoms with Crippen molar-refractivity contribution in [1.29, 1.82) is 0 Å². The topological polar surface area (TPSA) is 35.5 Å². The van der Waals surface area contributed by atoms with Gasteiger partial charge in [-0.15, -0.1) is 0 Å². The Morgan fingerprint density at radius 1 is 1.23 bits per heavy atom. The minimum absolute atomic E-state index is 0.225. The van der Waals surface area contributed by atoms with Crippen molar-refractivity contribution in [2.24, 2.45) is 0 Å². The molecule has 0 aromatic rings. The van der Waals surface area contributed by atoms with Crippen LogP contribution in [0.5, 0.6) is 0 Å². The smallest absolute Gasteiger partial charge is 0.303 e. The van der Waals surface area contributed by atoms with Crippen molar-refractivity contribution in [2.45, 2.75) is 26.2 Å². The highest BCUT2D eigenvalue weighted by Crippen LogP contribution is 2.62. The summed E-state index contributed by atoms with van der Waals surface area (Å²) in [6.07, 6.45) is 0.354. The molecule has 7 heteroatoms. The van der Waals surface area contributed by atoms with Gasteiger partial charge in [0.05, 0.1) is 13.2 Å². The fourth-order valence-electron chi connectivity index (χ4n) is 0.565. The van der Waals surface area contributed by atoms with Crippen molar-refractivity contribution < 1.29 is 26.8 Å². The van der Waals surface area contributed by atoms with Crippen LogP contribution in [0.15, 0.2) is 0 Å². The van der Waals surface area contributed by atoms with Crippen molar-refractivity contribution >= 4 is 7.60 Å². The second-order valence-electron chi connectivity index (χ2n) is 2.22. The zero-order chi connectivity index (χ0) is 10.5. The van der Waals surface area contributed by atoms with Crippen LogP contribution in [0.25, 0.3) is 0 Å². The van der Waals surface area contributed by atoms with Crippen molar-refractivity contribution in [3.63, 3.8) is 0 Å². The molecule has 1 unspecified atom stereocenters. The summed E-state index contributed by atoms with van der Waals surface area (Å²) in [7, 11) is -4.92. The lowest BCUT2D eigenvalue weighted by Gasteiger charge is -2.19.